The van der Waals surface area contributed by atoms with Crippen LogP contribution in [0.1, 0.15) is 55.4 Å². The summed E-state index contributed by atoms with van der Waals surface area (Å²) >= 11 is 0. The topological polar surface area (TPSA) is 87.5 Å². The van der Waals surface area contributed by atoms with Crippen molar-refractivity contribution in [1.29, 1.82) is 0 Å². The van der Waals surface area contributed by atoms with Gasteiger partial charge in [-0.1, -0.05) is 37.8 Å². The molecule has 1 saturated carbocycles. The average molecular weight is 384 g/mol. The number of hydrogen-bond donors (Lipinski definition) is 0. The van der Waals surface area contributed by atoms with Crippen molar-refractivity contribution >= 4 is 11.8 Å². The van der Waals surface area contributed by atoms with E-state index in [1.54, 1.807) is 24.3 Å². The molecular weight excluding hydrogens is 360 g/mol. The van der Waals surface area contributed by atoms with Gasteiger partial charge in [0.1, 0.15) is 5.75 Å². The number of methoxy groups -OCH3 is 1. The van der Waals surface area contributed by atoms with E-state index >= 15 is 0 Å². The van der Waals surface area contributed by atoms with Crippen molar-refractivity contribution in [3.63, 3.8) is 0 Å². The summed E-state index contributed by atoms with van der Waals surface area (Å²) in [5.74, 6) is 0.330. The van der Waals surface area contributed by atoms with E-state index in [0.29, 0.717) is 23.7 Å². The molecule has 1 atom stereocenters. The third kappa shape index (κ3) is 4.47. The highest BCUT2D eigenvalue weighted by Gasteiger charge is 2.29. The minimum absolute atomic E-state index is 0.140. The molecule has 7 heteroatoms. The second-order valence-electron chi connectivity index (χ2n) is 7.05. The van der Waals surface area contributed by atoms with Crippen molar-refractivity contribution in [3.05, 3.63) is 52.4 Å². The maximum atomic E-state index is 12.6. The first kappa shape index (κ1) is 19.8. The van der Waals surface area contributed by atoms with E-state index in [0.717, 1.165) is 30.4 Å². The number of hydrogen-bond acceptors (Lipinski definition) is 6. The second kappa shape index (κ2) is 8.82. The van der Waals surface area contributed by atoms with Gasteiger partial charge in [0.2, 0.25) is 0 Å². The number of carbonyl (C=O) groups is 2. The number of para-hydroxylation sites is 1. The Labute approximate surface area is 163 Å². The third-order valence-electron chi connectivity index (χ3n) is 5.09. The lowest BCUT2D eigenvalue weighted by Gasteiger charge is -2.19. The first-order valence-corrected chi connectivity index (χ1v) is 9.44. The van der Waals surface area contributed by atoms with E-state index < -0.39 is 17.6 Å². The lowest BCUT2D eigenvalue weighted by atomic mass is 9.98. The van der Waals surface area contributed by atoms with E-state index in [1.807, 2.05) is 0 Å². The molecule has 0 radical (unpaired) electrons. The lowest BCUT2D eigenvalue weighted by Crippen LogP contribution is -2.33. The Hall–Kier alpha value is -2.96. The average Bonchev–Trinajstić information content (AvgIpc) is 3.19. The maximum absolute atomic E-state index is 12.6. The van der Waals surface area contributed by atoms with Crippen molar-refractivity contribution in [3.8, 4) is 11.5 Å². The van der Waals surface area contributed by atoms with Gasteiger partial charge in [0.05, 0.1) is 18.9 Å². The maximum Gasteiger partial charge on any atom is 0.330 e. The van der Waals surface area contributed by atoms with E-state index in [-0.39, 0.29) is 11.5 Å². The smallest absolute Gasteiger partial charge is 0.330 e. The van der Waals surface area contributed by atoms with Crippen molar-refractivity contribution in [2.75, 3.05) is 7.11 Å². The fourth-order valence-electron chi connectivity index (χ4n) is 3.66. The normalized spacial score (nSPS) is 15.2. The number of aromatic nitrogens is 2. The van der Waals surface area contributed by atoms with Crippen molar-refractivity contribution < 1.29 is 19.1 Å². The highest BCUT2D eigenvalue weighted by molar-refractivity contribution is 5.96. The van der Waals surface area contributed by atoms with Crippen LogP contribution < -0.4 is 10.3 Å². The van der Waals surface area contributed by atoms with Crippen LogP contribution in [0.5, 0.6) is 11.5 Å². The fourth-order valence-corrected chi connectivity index (χ4v) is 3.66. The van der Waals surface area contributed by atoms with Gasteiger partial charge in [0, 0.05) is 6.07 Å². The number of esters is 1. The van der Waals surface area contributed by atoms with Crippen LogP contribution in [-0.4, -0.2) is 28.6 Å². The number of Topliss-reactive ketones (excluding diaryl/α,β-unsaturated/α-hetero) is 1. The standard InChI is InChI=1S/C21H24N2O5/c1-14(24)17-9-5-6-10-19(17)28-16-12-20(25)23(22-13-16)18(21(26)27-2)11-15-7-3-4-8-15/h5-6,9-10,12-13,15,18H,3-4,7-8,11H2,1-2H3. The first-order valence-electron chi connectivity index (χ1n) is 9.44. The molecule has 1 aromatic carbocycles. The van der Waals surface area contributed by atoms with Gasteiger partial charge in [-0.05, 0) is 31.4 Å². The molecule has 148 valence electrons. The molecule has 1 fully saturated rings. The predicted molar refractivity (Wildman–Crippen MR) is 103 cm³/mol. The molecule has 1 heterocycles. The number of rotatable bonds is 7. The lowest BCUT2D eigenvalue weighted by molar-refractivity contribution is -0.145. The summed E-state index contributed by atoms with van der Waals surface area (Å²) in [6, 6.07) is 7.31. The molecular formula is C21H24N2O5. The SMILES string of the molecule is COC(=O)C(CC1CCCC1)n1ncc(Oc2ccccc2C(C)=O)cc1=O. The van der Waals surface area contributed by atoms with Gasteiger partial charge in [-0.25, -0.2) is 9.48 Å². The van der Waals surface area contributed by atoms with Gasteiger partial charge in [0.15, 0.2) is 17.6 Å². The zero-order chi connectivity index (χ0) is 20.1. The summed E-state index contributed by atoms with van der Waals surface area (Å²) in [6.45, 7) is 1.45. The minimum atomic E-state index is -0.751. The fraction of sp³-hybridized carbons (Fsp3) is 0.429. The van der Waals surface area contributed by atoms with Crippen LogP contribution in [0.25, 0.3) is 0 Å². The van der Waals surface area contributed by atoms with Crippen molar-refractivity contribution in [2.45, 2.75) is 45.1 Å². The molecule has 0 N–H and O–H groups in total. The molecule has 0 amide bonds. The molecule has 1 unspecified atom stereocenters. The Balaban J connectivity index is 1.85. The number of nitrogens with zero attached hydrogens (tertiary/aromatic N) is 2. The molecule has 1 aliphatic rings. The third-order valence-corrected chi connectivity index (χ3v) is 5.09. The summed E-state index contributed by atoms with van der Waals surface area (Å²) in [6.07, 6.45) is 6.29. The van der Waals surface area contributed by atoms with E-state index in [9.17, 15) is 14.4 Å². The quantitative estimate of drug-likeness (QED) is 0.536. The van der Waals surface area contributed by atoms with Crippen LogP contribution >= 0.6 is 0 Å². The van der Waals surface area contributed by atoms with Crippen LogP contribution in [0.2, 0.25) is 0 Å². The largest absolute Gasteiger partial charge is 0.467 e. The molecule has 0 spiro atoms. The molecule has 0 aliphatic heterocycles. The Morgan fingerprint density at radius 3 is 2.61 bits per heavy atom. The highest BCUT2D eigenvalue weighted by atomic mass is 16.5. The van der Waals surface area contributed by atoms with Crippen LogP contribution in [0.4, 0.5) is 0 Å². The predicted octanol–water partition coefficient (Wildman–Crippen LogP) is 3.53. The Bertz CT molecular complexity index is 915. The second-order valence-corrected chi connectivity index (χ2v) is 7.05. The zero-order valence-electron chi connectivity index (χ0n) is 16.1. The number of ketones is 1. The summed E-state index contributed by atoms with van der Waals surface area (Å²) in [5, 5.41) is 4.15. The minimum Gasteiger partial charge on any atom is -0.467 e. The summed E-state index contributed by atoms with van der Waals surface area (Å²) in [4.78, 5) is 36.6. The van der Waals surface area contributed by atoms with Crippen LogP contribution in [0.3, 0.4) is 0 Å². The molecule has 7 nitrogen and oxygen atoms in total. The van der Waals surface area contributed by atoms with Gasteiger partial charge in [0.25, 0.3) is 5.56 Å². The van der Waals surface area contributed by atoms with Gasteiger partial charge in [-0.2, -0.15) is 5.10 Å². The van der Waals surface area contributed by atoms with Crippen LogP contribution in [0, 0.1) is 5.92 Å². The molecule has 0 saturated heterocycles. The Morgan fingerprint density at radius 2 is 1.96 bits per heavy atom. The van der Waals surface area contributed by atoms with Gasteiger partial charge >= 0.3 is 5.97 Å². The van der Waals surface area contributed by atoms with Gasteiger partial charge in [-0.15, -0.1) is 0 Å². The summed E-state index contributed by atoms with van der Waals surface area (Å²) < 4.78 is 11.7. The van der Waals surface area contributed by atoms with E-state index in [4.69, 9.17) is 9.47 Å². The molecule has 1 aromatic heterocycles. The number of benzene rings is 1. The Kier molecular flexibility index (Phi) is 6.23. The van der Waals surface area contributed by atoms with Crippen molar-refractivity contribution in [1.82, 2.24) is 9.78 Å². The summed E-state index contributed by atoms with van der Waals surface area (Å²) in [7, 11) is 1.31. The van der Waals surface area contributed by atoms with E-state index in [1.165, 1.54) is 26.3 Å². The molecule has 28 heavy (non-hydrogen) atoms. The van der Waals surface area contributed by atoms with Crippen molar-refractivity contribution in [2.24, 2.45) is 5.92 Å². The Morgan fingerprint density at radius 1 is 1.25 bits per heavy atom. The van der Waals surface area contributed by atoms with Crippen LogP contribution in [-0.2, 0) is 9.53 Å². The molecule has 3 rings (SSSR count). The number of carbonyl (C=O) groups excluding carboxylic acids is 2. The first-order chi connectivity index (χ1) is 13.5. The zero-order valence-corrected chi connectivity index (χ0v) is 16.1. The van der Waals surface area contributed by atoms with Gasteiger partial charge in [-0.3, -0.25) is 9.59 Å². The monoisotopic (exact) mass is 384 g/mol. The van der Waals surface area contributed by atoms with Gasteiger partial charge < -0.3 is 9.47 Å². The van der Waals surface area contributed by atoms with E-state index in [2.05, 4.69) is 5.10 Å². The number of ether oxygens (including phenoxy) is 2. The van der Waals surface area contributed by atoms with Crippen LogP contribution in [0.15, 0.2) is 41.3 Å². The molecule has 0 bridgehead atoms. The highest BCUT2D eigenvalue weighted by Crippen LogP contribution is 2.32. The summed E-state index contributed by atoms with van der Waals surface area (Å²) in [5.41, 5.74) is -0.0356. The molecule has 1 aliphatic carbocycles. The molecule has 2 aromatic rings.